The summed E-state index contributed by atoms with van der Waals surface area (Å²) < 4.78 is 15.6. The Morgan fingerprint density at radius 3 is 2.00 bits per heavy atom. The molecule has 0 heterocycles. The van der Waals surface area contributed by atoms with Crippen LogP contribution in [-0.4, -0.2) is 46.5 Å². The van der Waals surface area contributed by atoms with Gasteiger partial charge in [0.2, 0.25) is 0 Å². The molecule has 1 rings (SSSR count). The predicted octanol–water partition coefficient (Wildman–Crippen LogP) is 3.11. The lowest BCUT2D eigenvalue weighted by Gasteiger charge is -2.27. The summed E-state index contributed by atoms with van der Waals surface area (Å²) in [7, 11) is 0. The van der Waals surface area contributed by atoms with E-state index in [0.717, 1.165) is 5.56 Å². The second-order valence-electron chi connectivity index (χ2n) is 8.96. The number of nitrogens with one attached hydrogen (secondary N) is 1. The van der Waals surface area contributed by atoms with Crippen molar-refractivity contribution in [1.82, 2.24) is 5.32 Å². The van der Waals surface area contributed by atoms with E-state index in [1.807, 2.05) is 18.2 Å². The summed E-state index contributed by atoms with van der Waals surface area (Å²) in [5.41, 5.74) is -0.685. The topological polar surface area (TPSA) is 111 Å². The first kappa shape index (κ1) is 25.4. The van der Waals surface area contributed by atoms with Crippen molar-refractivity contribution in [3.63, 3.8) is 0 Å². The molecule has 0 bridgehead atoms. The van der Waals surface area contributed by atoms with E-state index in [-0.39, 0.29) is 13.0 Å². The molecule has 0 unspecified atom stereocenters. The maximum absolute atomic E-state index is 12.3. The van der Waals surface area contributed by atoms with E-state index in [1.165, 1.54) is 0 Å². The molecule has 0 aliphatic rings. The Balaban J connectivity index is 2.76. The minimum absolute atomic E-state index is 0.0565. The molecule has 0 fully saturated rings. The van der Waals surface area contributed by atoms with Crippen LogP contribution >= 0.6 is 0 Å². The maximum Gasteiger partial charge on any atom is 0.407 e. The number of esters is 2. The SMILES string of the molecule is CC(C)(C)OC(=O)C[C@@H](O)[C@H](CC(=O)OCc1ccccc1)NC(=O)OC(C)(C)C. The summed E-state index contributed by atoms with van der Waals surface area (Å²) in [6.45, 7) is 10.2. The number of carbonyl (C=O) groups is 3. The summed E-state index contributed by atoms with van der Waals surface area (Å²) in [5, 5.41) is 12.9. The number of hydrogen-bond donors (Lipinski definition) is 2. The van der Waals surface area contributed by atoms with Crippen molar-refractivity contribution in [3.8, 4) is 0 Å². The lowest BCUT2D eigenvalue weighted by atomic mass is 10.0. The normalized spacial score (nSPS) is 13.7. The molecule has 0 radical (unpaired) electrons. The quantitative estimate of drug-likeness (QED) is 0.488. The molecule has 0 aliphatic heterocycles. The van der Waals surface area contributed by atoms with Crippen LogP contribution in [0, 0.1) is 0 Å². The van der Waals surface area contributed by atoms with Crippen molar-refractivity contribution in [2.75, 3.05) is 0 Å². The Kier molecular flexibility index (Phi) is 9.29. The fourth-order valence-corrected chi connectivity index (χ4v) is 2.41. The molecule has 0 aromatic heterocycles. The molecule has 8 heteroatoms. The van der Waals surface area contributed by atoms with Gasteiger partial charge in [-0.1, -0.05) is 30.3 Å². The molecule has 168 valence electrons. The summed E-state index contributed by atoms with van der Waals surface area (Å²) in [5.74, 6) is -1.29. The van der Waals surface area contributed by atoms with Gasteiger partial charge in [0.1, 0.15) is 17.8 Å². The second-order valence-corrected chi connectivity index (χ2v) is 8.96. The summed E-state index contributed by atoms with van der Waals surface area (Å²) in [6, 6.07) is 8.01. The first-order valence-corrected chi connectivity index (χ1v) is 9.84. The van der Waals surface area contributed by atoms with E-state index < -0.39 is 47.8 Å². The minimum atomic E-state index is -1.36. The Morgan fingerprint density at radius 2 is 1.47 bits per heavy atom. The van der Waals surface area contributed by atoms with Crippen LogP contribution in [0.2, 0.25) is 0 Å². The molecule has 0 saturated heterocycles. The van der Waals surface area contributed by atoms with Crippen molar-refractivity contribution in [3.05, 3.63) is 35.9 Å². The Hall–Kier alpha value is -2.61. The third-order valence-electron chi connectivity index (χ3n) is 3.59. The average Bonchev–Trinajstić information content (AvgIpc) is 2.57. The molecule has 2 atom stereocenters. The fourth-order valence-electron chi connectivity index (χ4n) is 2.41. The van der Waals surface area contributed by atoms with Gasteiger partial charge in [0, 0.05) is 0 Å². The maximum atomic E-state index is 12.3. The second kappa shape index (κ2) is 11.0. The lowest BCUT2D eigenvalue weighted by Crippen LogP contribution is -2.47. The molecule has 1 amide bonds. The van der Waals surface area contributed by atoms with Crippen molar-refractivity contribution in [1.29, 1.82) is 0 Å². The first-order chi connectivity index (χ1) is 13.7. The highest BCUT2D eigenvalue weighted by Gasteiger charge is 2.30. The van der Waals surface area contributed by atoms with Crippen molar-refractivity contribution in [2.24, 2.45) is 0 Å². The summed E-state index contributed by atoms with van der Waals surface area (Å²) >= 11 is 0. The minimum Gasteiger partial charge on any atom is -0.461 e. The van der Waals surface area contributed by atoms with Gasteiger partial charge < -0.3 is 24.6 Å². The molecular weight excluding hydrogens is 390 g/mol. The Labute approximate surface area is 177 Å². The van der Waals surface area contributed by atoms with Crippen LogP contribution in [0.1, 0.15) is 59.9 Å². The van der Waals surface area contributed by atoms with Gasteiger partial charge in [-0.25, -0.2) is 4.79 Å². The van der Waals surface area contributed by atoms with Crippen LogP contribution in [0.5, 0.6) is 0 Å². The van der Waals surface area contributed by atoms with Gasteiger partial charge in [-0.3, -0.25) is 9.59 Å². The van der Waals surface area contributed by atoms with Gasteiger partial charge in [0.25, 0.3) is 0 Å². The molecule has 2 N–H and O–H groups in total. The Morgan fingerprint density at radius 1 is 0.900 bits per heavy atom. The summed E-state index contributed by atoms with van der Waals surface area (Å²) in [6.07, 6.45) is -2.91. The largest absolute Gasteiger partial charge is 0.461 e. The smallest absolute Gasteiger partial charge is 0.407 e. The third-order valence-corrected chi connectivity index (χ3v) is 3.59. The van der Waals surface area contributed by atoms with Gasteiger partial charge in [0.15, 0.2) is 0 Å². The van der Waals surface area contributed by atoms with E-state index >= 15 is 0 Å². The third kappa shape index (κ3) is 11.4. The molecular formula is C22H33NO7. The standard InChI is InChI=1S/C22H33NO7/c1-21(2,3)29-19(26)13-17(24)16(23-20(27)30-22(4,5)6)12-18(25)28-14-15-10-8-7-9-11-15/h7-11,16-17,24H,12-14H2,1-6H3,(H,23,27)/t16-,17+/m0/s1. The fraction of sp³-hybridized carbons (Fsp3) is 0.591. The molecule has 0 saturated carbocycles. The zero-order valence-corrected chi connectivity index (χ0v) is 18.6. The molecule has 1 aromatic rings. The van der Waals surface area contributed by atoms with E-state index in [2.05, 4.69) is 5.32 Å². The van der Waals surface area contributed by atoms with Gasteiger partial charge >= 0.3 is 18.0 Å². The van der Waals surface area contributed by atoms with Gasteiger partial charge in [0.05, 0.1) is 25.0 Å². The number of hydrogen-bond acceptors (Lipinski definition) is 7. The lowest BCUT2D eigenvalue weighted by molar-refractivity contribution is -0.158. The van der Waals surface area contributed by atoms with Gasteiger partial charge in [-0.15, -0.1) is 0 Å². The van der Waals surface area contributed by atoms with Crippen LogP contribution < -0.4 is 5.32 Å². The van der Waals surface area contributed by atoms with E-state index in [4.69, 9.17) is 14.2 Å². The molecule has 8 nitrogen and oxygen atoms in total. The van der Waals surface area contributed by atoms with Crippen molar-refractivity contribution < 1.29 is 33.7 Å². The number of carbonyl (C=O) groups excluding carboxylic acids is 3. The van der Waals surface area contributed by atoms with Crippen molar-refractivity contribution >= 4 is 18.0 Å². The zero-order valence-electron chi connectivity index (χ0n) is 18.6. The summed E-state index contributed by atoms with van der Waals surface area (Å²) in [4.78, 5) is 36.4. The monoisotopic (exact) mass is 423 g/mol. The number of alkyl carbamates (subject to hydrolysis) is 1. The number of benzene rings is 1. The molecule has 30 heavy (non-hydrogen) atoms. The van der Waals surface area contributed by atoms with Crippen LogP contribution in [-0.2, 0) is 30.4 Å². The number of rotatable bonds is 8. The zero-order chi connectivity index (χ0) is 22.9. The average molecular weight is 424 g/mol. The molecule has 0 spiro atoms. The first-order valence-electron chi connectivity index (χ1n) is 9.84. The number of amides is 1. The predicted molar refractivity (Wildman–Crippen MR) is 110 cm³/mol. The van der Waals surface area contributed by atoms with Crippen LogP contribution in [0.3, 0.4) is 0 Å². The van der Waals surface area contributed by atoms with Crippen molar-refractivity contribution in [2.45, 2.75) is 84.3 Å². The van der Waals surface area contributed by atoms with E-state index in [9.17, 15) is 19.5 Å². The molecule has 0 aliphatic carbocycles. The van der Waals surface area contributed by atoms with E-state index in [0.29, 0.717) is 0 Å². The van der Waals surface area contributed by atoms with Crippen LogP contribution in [0.25, 0.3) is 0 Å². The number of ether oxygens (including phenoxy) is 3. The number of aliphatic hydroxyl groups excluding tert-OH is 1. The number of aliphatic hydroxyl groups is 1. The highest BCUT2D eigenvalue weighted by molar-refractivity contribution is 5.74. The highest BCUT2D eigenvalue weighted by Crippen LogP contribution is 2.14. The van der Waals surface area contributed by atoms with Gasteiger partial charge in [-0.2, -0.15) is 0 Å². The van der Waals surface area contributed by atoms with E-state index in [1.54, 1.807) is 53.7 Å². The Bertz CT molecular complexity index is 704. The van der Waals surface area contributed by atoms with Gasteiger partial charge in [-0.05, 0) is 47.1 Å². The van der Waals surface area contributed by atoms with Crippen LogP contribution in [0.4, 0.5) is 4.79 Å². The van der Waals surface area contributed by atoms with Crippen LogP contribution in [0.15, 0.2) is 30.3 Å². The molecule has 1 aromatic carbocycles. The highest BCUT2D eigenvalue weighted by atomic mass is 16.6.